The molecule has 0 aliphatic heterocycles. The highest BCUT2D eigenvalue weighted by atomic mass is 16.5. The minimum Gasteiger partial charge on any atom is -0.490 e. The van der Waals surface area contributed by atoms with Gasteiger partial charge in [-0.1, -0.05) is 48.5 Å². The van der Waals surface area contributed by atoms with Crippen molar-refractivity contribution in [2.24, 2.45) is 11.5 Å². The van der Waals surface area contributed by atoms with Crippen LogP contribution >= 0.6 is 0 Å². The Morgan fingerprint density at radius 1 is 0.571 bits per heavy atom. The minimum absolute atomic E-state index is 0.0860. The van der Waals surface area contributed by atoms with Gasteiger partial charge in [0, 0.05) is 35.3 Å². The topological polar surface area (TPSA) is 176 Å². The number of rotatable bonds is 13. The first kappa shape index (κ1) is 29.3. The Bertz CT molecular complexity index is 1450. The number of benzene rings is 4. The lowest BCUT2D eigenvalue weighted by molar-refractivity contribution is 0.0943. The van der Waals surface area contributed by atoms with E-state index >= 15 is 0 Å². The van der Waals surface area contributed by atoms with Crippen molar-refractivity contribution in [3.05, 3.63) is 130 Å². The highest BCUT2D eigenvalue weighted by Gasteiger charge is 2.09. The van der Waals surface area contributed by atoms with Crippen molar-refractivity contribution in [2.75, 3.05) is 13.2 Å². The lowest BCUT2D eigenvalue weighted by Crippen LogP contribution is -2.23. The minimum atomic E-state index is -0.246. The Morgan fingerprint density at radius 2 is 0.929 bits per heavy atom. The molecule has 214 valence electrons. The summed E-state index contributed by atoms with van der Waals surface area (Å²) >= 11 is 0. The van der Waals surface area contributed by atoms with Crippen LogP contribution in [-0.2, 0) is 13.1 Å². The Labute approximate surface area is 243 Å². The molecule has 0 aliphatic carbocycles. The van der Waals surface area contributed by atoms with Crippen LogP contribution in [0.1, 0.15) is 43.0 Å². The van der Waals surface area contributed by atoms with Crippen LogP contribution in [0.15, 0.2) is 97.1 Å². The molecule has 42 heavy (non-hydrogen) atoms. The fourth-order valence-corrected chi connectivity index (χ4v) is 3.95. The summed E-state index contributed by atoms with van der Waals surface area (Å²) in [4.78, 5) is 24.8. The molecule has 0 unspecified atom stereocenters. The molecule has 0 atom stereocenters. The molecule has 10 nitrogen and oxygen atoms in total. The smallest absolute Gasteiger partial charge is 0.251 e. The van der Waals surface area contributed by atoms with Crippen LogP contribution in [0.4, 0.5) is 0 Å². The average Bonchev–Trinajstić information content (AvgIpc) is 3.02. The summed E-state index contributed by atoms with van der Waals surface area (Å²) in [5.41, 5.74) is 14.7. The Morgan fingerprint density at radius 3 is 1.29 bits per heavy atom. The molecule has 2 amide bonds. The summed E-state index contributed by atoms with van der Waals surface area (Å²) in [6.45, 7) is 1.39. The molecule has 0 aromatic heterocycles. The van der Waals surface area contributed by atoms with Crippen molar-refractivity contribution in [1.29, 1.82) is 10.8 Å². The molecule has 0 bridgehead atoms. The predicted molar refractivity (Wildman–Crippen MR) is 161 cm³/mol. The largest absolute Gasteiger partial charge is 0.490 e. The number of ether oxygens (including phenoxy) is 2. The molecule has 8 N–H and O–H groups in total. The van der Waals surface area contributed by atoms with E-state index in [0.717, 1.165) is 11.1 Å². The molecule has 0 radical (unpaired) electrons. The number of nitrogen functional groups attached to an aromatic ring is 2. The fourth-order valence-electron chi connectivity index (χ4n) is 3.95. The van der Waals surface area contributed by atoms with Crippen LogP contribution in [0, 0.1) is 10.8 Å². The maximum Gasteiger partial charge on any atom is 0.251 e. The summed E-state index contributed by atoms with van der Waals surface area (Å²) in [6.07, 6.45) is 0. The SMILES string of the molecule is N=C(N)c1cccc(C(=O)NCc2ccc(OCCOc3ccc(CNC(=O)c4cccc(C(=N)N)c4)cc3)cc2)c1. The second-order valence-corrected chi connectivity index (χ2v) is 9.34. The van der Waals surface area contributed by atoms with Crippen LogP contribution in [0.2, 0.25) is 0 Å². The van der Waals surface area contributed by atoms with Crippen molar-refractivity contribution in [1.82, 2.24) is 10.6 Å². The van der Waals surface area contributed by atoms with Crippen molar-refractivity contribution in [2.45, 2.75) is 13.1 Å². The second-order valence-electron chi connectivity index (χ2n) is 9.34. The molecular weight excluding hydrogens is 532 g/mol. The fraction of sp³-hybridized carbons (Fsp3) is 0.125. The molecule has 4 aromatic carbocycles. The Kier molecular flexibility index (Phi) is 9.87. The van der Waals surface area contributed by atoms with E-state index < -0.39 is 0 Å². The van der Waals surface area contributed by atoms with Gasteiger partial charge in [0.15, 0.2) is 0 Å². The molecule has 4 rings (SSSR count). The van der Waals surface area contributed by atoms with Crippen LogP contribution in [0.3, 0.4) is 0 Å². The van der Waals surface area contributed by atoms with Crippen molar-refractivity contribution >= 4 is 23.5 Å². The lowest BCUT2D eigenvalue weighted by Gasteiger charge is -2.11. The highest BCUT2D eigenvalue weighted by molar-refractivity contribution is 6.00. The van der Waals surface area contributed by atoms with E-state index in [9.17, 15) is 9.59 Å². The van der Waals surface area contributed by atoms with Crippen LogP contribution in [-0.4, -0.2) is 36.7 Å². The predicted octanol–water partition coefficient (Wildman–Crippen LogP) is 3.57. The monoisotopic (exact) mass is 564 g/mol. The third-order valence-electron chi connectivity index (χ3n) is 6.25. The van der Waals surface area contributed by atoms with Crippen molar-refractivity contribution in [3.8, 4) is 11.5 Å². The molecular formula is C32H32N6O4. The van der Waals surface area contributed by atoms with Crippen LogP contribution in [0.5, 0.6) is 11.5 Å². The van der Waals surface area contributed by atoms with Gasteiger partial charge in [0.05, 0.1) is 0 Å². The molecule has 10 heteroatoms. The molecule has 0 saturated heterocycles. The van der Waals surface area contributed by atoms with Gasteiger partial charge < -0.3 is 31.6 Å². The van der Waals surface area contributed by atoms with Gasteiger partial charge in [-0.3, -0.25) is 20.4 Å². The standard InChI is InChI=1S/C32H32N6O4/c33-29(34)23-3-1-5-25(17-23)31(39)37-19-21-7-11-27(12-8-21)41-15-16-42-28-13-9-22(10-14-28)20-38-32(40)26-6-2-4-24(18-26)30(35)36/h1-14,17-18H,15-16,19-20H2,(H3,33,34)(H3,35,36)(H,37,39)(H,38,40). The van der Waals surface area contributed by atoms with Gasteiger partial charge in [-0.15, -0.1) is 0 Å². The summed E-state index contributed by atoms with van der Waals surface area (Å²) in [6, 6.07) is 28.1. The number of hydrogen-bond acceptors (Lipinski definition) is 6. The molecule has 0 aliphatic rings. The molecule has 4 aromatic rings. The number of nitrogens with two attached hydrogens (primary N) is 2. The number of amides is 2. The summed E-state index contributed by atoms with van der Waals surface area (Å²) in [5.74, 6) is 0.703. The van der Waals surface area contributed by atoms with Gasteiger partial charge in [0.25, 0.3) is 11.8 Å². The van der Waals surface area contributed by atoms with Gasteiger partial charge in [-0.25, -0.2) is 0 Å². The quantitative estimate of drug-likeness (QED) is 0.0821. The van der Waals surface area contributed by atoms with Gasteiger partial charge in [-0.05, 0) is 59.7 Å². The zero-order valence-electron chi connectivity index (χ0n) is 22.9. The van der Waals surface area contributed by atoms with E-state index in [1.165, 1.54) is 0 Å². The maximum atomic E-state index is 12.4. The van der Waals surface area contributed by atoms with Crippen molar-refractivity contribution < 1.29 is 19.1 Å². The molecule has 0 heterocycles. The second kappa shape index (κ2) is 14.1. The Hall–Kier alpha value is -5.64. The molecule has 0 saturated carbocycles. The van der Waals surface area contributed by atoms with E-state index in [1.54, 1.807) is 48.5 Å². The van der Waals surface area contributed by atoms with E-state index in [0.29, 0.717) is 60.1 Å². The number of nitrogens with one attached hydrogen (secondary N) is 4. The van der Waals surface area contributed by atoms with Gasteiger partial charge in [-0.2, -0.15) is 0 Å². The summed E-state index contributed by atoms with van der Waals surface area (Å²) in [5, 5.41) is 20.7. The maximum absolute atomic E-state index is 12.4. The average molecular weight is 565 g/mol. The number of amidine groups is 2. The molecule has 0 spiro atoms. The summed E-state index contributed by atoms with van der Waals surface area (Å²) in [7, 11) is 0. The van der Waals surface area contributed by atoms with E-state index in [2.05, 4.69) is 10.6 Å². The molecule has 0 fully saturated rings. The van der Waals surface area contributed by atoms with E-state index in [-0.39, 0.29) is 23.5 Å². The highest BCUT2D eigenvalue weighted by Crippen LogP contribution is 2.15. The van der Waals surface area contributed by atoms with Crippen LogP contribution < -0.4 is 31.6 Å². The Balaban J connectivity index is 1.15. The first-order valence-electron chi connectivity index (χ1n) is 13.2. The lowest BCUT2D eigenvalue weighted by atomic mass is 10.1. The third kappa shape index (κ3) is 8.43. The summed E-state index contributed by atoms with van der Waals surface area (Å²) < 4.78 is 11.5. The van der Waals surface area contributed by atoms with Gasteiger partial charge >= 0.3 is 0 Å². The van der Waals surface area contributed by atoms with Crippen LogP contribution in [0.25, 0.3) is 0 Å². The first-order valence-corrected chi connectivity index (χ1v) is 13.2. The van der Waals surface area contributed by atoms with E-state index in [1.807, 2.05) is 48.5 Å². The van der Waals surface area contributed by atoms with Crippen molar-refractivity contribution in [3.63, 3.8) is 0 Å². The zero-order valence-corrected chi connectivity index (χ0v) is 22.9. The first-order chi connectivity index (χ1) is 20.3. The number of hydrogen-bond donors (Lipinski definition) is 6. The number of carbonyl (C=O) groups is 2. The normalized spacial score (nSPS) is 10.4. The van der Waals surface area contributed by atoms with Gasteiger partial charge in [0.2, 0.25) is 0 Å². The van der Waals surface area contributed by atoms with Gasteiger partial charge in [0.1, 0.15) is 36.4 Å². The third-order valence-corrected chi connectivity index (χ3v) is 6.25. The zero-order chi connectivity index (χ0) is 29.9. The number of carbonyl (C=O) groups excluding carboxylic acids is 2. The van der Waals surface area contributed by atoms with E-state index in [4.69, 9.17) is 31.8 Å².